The van der Waals surface area contributed by atoms with Gasteiger partial charge in [-0.05, 0) is 49.2 Å². The first-order valence-corrected chi connectivity index (χ1v) is 12.5. The molecule has 0 aliphatic rings. The summed E-state index contributed by atoms with van der Waals surface area (Å²) in [5.41, 5.74) is 6.06. The molecular formula is C25H27FN4O5S. The maximum Gasteiger partial charge on any atom is 0.281 e. The Kier molecular flexibility index (Phi) is 8.25. The van der Waals surface area contributed by atoms with Gasteiger partial charge in [0.05, 0.1) is 12.3 Å². The van der Waals surface area contributed by atoms with Crippen molar-refractivity contribution >= 4 is 21.7 Å². The van der Waals surface area contributed by atoms with Crippen molar-refractivity contribution in [3.05, 3.63) is 72.6 Å². The summed E-state index contributed by atoms with van der Waals surface area (Å²) in [6.07, 6.45) is 0.910. The van der Waals surface area contributed by atoms with Crippen LogP contribution in [0.4, 0.5) is 10.2 Å². The fourth-order valence-electron chi connectivity index (χ4n) is 2.95. The van der Waals surface area contributed by atoms with E-state index in [-0.39, 0.29) is 28.9 Å². The van der Waals surface area contributed by atoms with E-state index in [0.29, 0.717) is 17.9 Å². The van der Waals surface area contributed by atoms with E-state index in [1.54, 1.807) is 13.0 Å². The van der Waals surface area contributed by atoms with Gasteiger partial charge in [-0.1, -0.05) is 32.6 Å². The van der Waals surface area contributed by atoms with Crippen molar-refractivity contribution in [1.29, 1.82) is 0 Å². The lowest BCUT2D eigenvalue weighted by Crippen LogP contribution is -2.32. The molecule has 0 fully saturated rings. The molecule has 9 nitrogen and oxygen atoms in total. The van der Waals surface area contributed by atoms with Crippen LogP contribution in [0.2, 0.25) is 0 Å². The molecule has 1 unspecified atom stereocenters. The van der Waals surface area contributed by atoms with Gasteiger partial charge in [0.15, 0.2) is 5.03 Å². The van der Waals surface area contributed by atoms with E-state index in [1.165, 1.54) is 48.5 Å². The third-order valence-electron chi connectivity index (χ3n) is 4.73. The van der Waals surface area contributed by atoms with Crippen molar-refractivity contribution in [2.75, 3.05) is 12.3 Å². The standard InChI is InChI=1S/C25H27FN4O5S/c1-5-16(4)35-25-20(24(31)30-36(32,33)23-8-6-7-22(27)29-23)9-10-21(28-25)17-11-18(26)13-19(12-17)34-14-15(2)3/h5-13,15-16H,1,14H2,2-4H3,(H2,27,29)(H,30,31). The highest BCUT2D eigenvalue weighted by Crippen LogP contribution is 2.28. The van der Waals surface area contributed by atoms with Gasteiger partial charge < -0.3 is 15.2 Å². The average molecular weight is 515 g/mol. The summed E-state index contributed by atoms with van der Waals surface area (Å²) >= 11 is 0. The fraction of sp³-hybridized carbons (Fsp3) is 0.240. The molecule has 3 aromatic rings. The Bertz CT molecular complexity index is 1380. The second-order valence-electron chi connectivity index (χ2n) is 8.32. The lowest BCUT2D eigenvalue weighted by molar-refractivity contribution is 0.0975. The predicted octanol–water partition coefficient (Wildman–Crippen LogP) is 3.97. The van der Waals surface area contributed by atoms with E-state index in [1.807, 2.05) is 18.6 Å². The molecule has 0 saturated heterocycles. The number of rotatable bonds is 10. The number of nitrogens with one attached hydrogen (secondary N) is 1. The minimum absolute atomic E-state index is 0.0213. The molecule has 0 aliphatic heterocycles. The SMILES string of the molecule is C=CC(C)Oc1nc(-c2cc(F)cc(OCC(C)C)c2)ccc1C(=O)NS(=O)(=O)c1cccc(N)n1. The topological polar surface area (TPSA) is 134 Å². The normalized spacial score (nSPS) is 12.1. The molecule has 2 heterocycles. The van der Waals surface area contributed by atoms with Crippen molar-refractivity contribution in [1.82, 2.24) is 14.7 Å². The van der Waals surface area contributed by atoms with Crippen molar-refractivity contribution in [2.24, 2.45) is 5.92 Å². The van der Waals surface area contributed by atoms with Crippen LogP contribution in [0.5, 0.6) is 11.6 Å². The number of nitrogen functional groups attached to an aromatic ring is 1. The molecule has 3 N–H and O–H groups in total. The van der Waals surface area contributed by atoms with Crippen LogP contribution < -0.4 is 19.9 Å². The van der Waals surface area contributed by atoms with E-state index in [0.717, 1.165) is 0 Å². The highest BCUT2D eigenvalue weighted by molar-refractivity contribution is 7.90. The zero-order chi connectivity index (χ0) is 26.5. The summed E-state index contributed by atoms with van der Waals surface area (Å²) in [6, 6.07) is 10.9. The van der Waals surface area contributed by atoms with Gasteiger partial charge in [-0.2, -0.15) is 8.42 Å². The quantitative estimate of drug-likeness (QED) is 0.388. The minimum atomic E-state index is -4.33. The molecule has 0 saturated carbocycles. The molecule has 11 heteroatoms. The second-order valence-corrected chi connectivity index (χ2v) is 9.95. The molecule has 0 bridgehead atoms. The van der Waals surface area contributed by atoms with Gasteiger partial charge in [-0.3, -0.25) is 4.79 Å². The molecule has 2 aromatic heterocycles. The Hall–Kier alpha value is -3.99. The van der Waals surface area contributed by atoms with Crippen LogP contribution in [0, 0.1) is 11.7 Å². The lowest BCUT2D eigenvalue weighted by Gasteiger charge is -2.16. The van der Waals surface area contributed by atoms with E-state index in [9.17, 15) is 17.6 Å². The van der Waals surface area contributed by atoms with Gasteiger partial charge in [-0.15, -0.1) is 0 Å². The number of ether oxygens (including phenoxy) is 2. The number of pyridine rings is 2. The Morgan fingerprint density at radius 3 is 2.58 bits per heavy atom. The number of hydrogen-bond acceptors (Lipinski definition) is 8. The van der Waals surface area contributed by atoms with E-state index >= 15 is 0 Å². The summed E-state index contributed by atoms with van der Waals surface area (Å²) in [6.45, 7) is 9.65. The number of aromatic nitrogens is 2. The van der Waals surface area contributed by atoms with Crippen LogP contribution in [-0.2, 0) is 10.0 Å². The largest absolute Gasteiger partial charge is 0.493 e. The number of hydrogen-bond donors (Lipinski definition) is 2. The molecule has 0 spiro atoms. The first kappa shape index (κ1) is 26.6. The monoisotopic (exact) mass is 514 g/mol. The number of anilines is 1. The van der Waals surface area contributed by atoms with Crippen LogP contribution in [0.3, 0.4) is 0 Å². The maximum absolute atomic E-state index is 14.3. The smallest absolute Gasteiger partial charge is 0.281 e. The maximum atomic E-state index is 14.3. The number of nitrogens with two attached hydrogens (primary N) is 1. The zero-order valence-corrected chi connectivity index (χ0v) is 20.9. The van der Waals surface area contributed by atoms with E-state index < -0.39 is 32.9 Å². The van der Waals surface area contributed by atoms with Crippen LogP contribution in [0.25, 0.3) is 11.3 Å². The third-order valence-corrected chi connectivity index (χ3v) is 5.96. The molecule has 1 atom stereocenters. The average Bonchev–Trinajstić information content (AvgIpc) is 2.82. The molecule has 1 amide bonds. The third kappa shape index (κ3) is 6.79. The zero-order valence-electron chi connectivity index (χ0n) is 20.1. The summed E-state index contributed by atoms with van der Waals surface area (Å²) < 4.78 is 52.9. The van der Waals surface area contributed by atoms with Crippen molar-refractivity contribution < 1.29 is 27.1 Å². The van der Waals surface area contributed by atoms with E-state index in [4.69, 9.17) is 15.2 Å². The summed E-state index contributed by atoms with van der Waals surface area (Å²) in [5.74, 6) is -1.15. The van der Waals surface area contributed by atoms with Gasteiger partial charge >= 0.3 is 0 Å². The Morgan fingerprint density at radius 1 is 1.17 bits per heavy atom. The Morgan fingerprint density at radius 2 is 1.92 bits per heavy atom. The lowest BCUT2D eigenvalue weighted by atomic mass is 10.1. The highest BCUT2D eigenvalue weighted by atomic mass is 32.2. The van der Waals surface area contributed by atoms with Gasteiger partial charge in [0, 0.05) is 11.6 Å². The van der Waals surface area contributed by atoms with Gasteiger partial charge in [0.1, 0.15) is 29.1 Å². The summed E-state index contributed by atoms with van der Waals surface area (Å²) in [4.78, 5) is 21.0. The minimum Gasteiger partial charge on any atom is -0.493 e. The van der Waals surface area contributed by atoms with Gasteiger partial charge in [0.25, 0.3) is 15.9 Å². The molecule has 3 rings (SSSR count). The highest BCUT2D eigenvalue weighted by Gasteiger charge is 2.24. The van der Waals surface area contributed by atoms with Crippen molar-refractivity contribution in [3.63, 3.8) is 0 Å². The number of halogens is 1. The Balaban J connectivity index is 1.98. The summed E-state index contributed by atoms with van der Waals surface area (Å²) in [5, 5.41) is -0.420. The van der Waals surface area contributed by atoms with Crippen molar-refractivity contribution in [3.8, 4) is 22.9 Å². The number of carbonyl (C=O) groups excluding carboxylic acids is 1. The molecule has 0 radical (unpaired) electrons. The van der Waals surface area contributed by atoms with Crippen molar-refractivity contribution in [2.45, 2.75) is 31.9 Å². The molecule has 0 aliphatic carbocycles. The molecular weight excluding hydrogens is 487 g/mol. The van der Waals surface area contributed by atoms with Crippen LogP contribution in [0.15, 0.2) is 66.2 Å². The summed E-state index contributed by atoms with van der Waals surface area (Å²) in [7, 11) is -4.33. The first-order valence-electron chi connectivity index (χ1n) is 11.0. The number of carbonyl (C=O) groups is 1. The predicted molar refractivity (Wildman–Crippen MR) is 134 cm³/mol. The molecule has 190 valence electrons. The van der Waals surface area contributed by atoms with Crippen LogP contribution in [0.1, 0.15) is 31.1 Å². The number of nitrogens with zero attached hydrogens (tertiary/aromatic N) is 2. The van der Waals surface area contributed by atoms with Gasteiger partial charge in [-0.25, -0.2) is 19.1 Å². The number of amides is 1. The van der Waals surface area contributed by atoms with Crippen LogP contribution >= 0.6 is 0 Å². The molecule has 36 heavy (non-hydrogen) atoms. The second kappa shape index (κ2) is 11.2. The van der Waals surface area contributed by atoms with Gasteiger partial charge in [0.2, 0.25) is 5.88 Å². The fourth-order valence-corrected chi connectivity index (χ4v) is 3.90. The molecule has 1 aromatic carbocycles. The first-order chi connectivity index (χ1) is 17.0. The van der Waals surface area contributed by atoms with E-state index in [2.05, 4.69) is 16.5 Å². The number of sulfonamides is 1. The number of benzene rings is 1. The Labute approximate surface area is 209 Å². The van der Waals surface area contributed by atoms with Crippen LogP contribution in [-0.4, -0.2) is 37.0 Å².